The maximum Gasteiger partial charge on any atom is 0.236 e. The molecule has 2 fully saturated rings. The van der Waals surface area contributed by atoms with Crippen molar-refractivity contribution in [2.75, 3.05) is 0 Å². The molecule has 1 aliphatic carbocycles. The quantitative estimate of drug-likeness (QED) is 0.785. The molecule has 1 saturated carbocycles. The van der Waals surface area contributed by atoms with Gasteiger partial charge < -0.3 is 0 Å². The van der Waals surface area contributed by atoms with Gasteiger partial charge in [0.05, 0.1) is 12.0 Å². The van der Waals surface area contributed by atoms with Gasteiger partial charge in [-0.05, 0) is 29.2 Å². The molecule has 23 heavy (non-hydrogen) atoms. The summed E-state index contributed by atoms with van der Waals surface area (Å²) in [6, 6.07) is 14.2. The fourth-order valence-electron chi connectivity index (χ4n) is 4.24. The van der Waals surface area contributed by atoms with Crippen LogP contribution in [0.5, 0.6) is 0 Å². The van der Waals surface area contributed by atoms with Crippen molar-refractivity contribution in [3.63, 3.8) is 0 Å². The molecule has 0 atom stereocenters. The zero-order valence-corrected chi connectivity index (χ0v) is 13.3. The molecule has 0 bridgehead atoms. The number of carbonyl (C=O) groups is 2. The van der Waals surface area contributed by atoms with Crippen LogP contribution in [0.3, 0.4) is 0 Å². The first-order chi connectivity index (χ1) is 11.2. The maximum atomic E-state index is 12.9. The average molecular weight is 307 g/mol. The first-order valence-corrected chi connectivity index (χ1v) is 8.51. The second-order valence-electron chi connectivity index (χ2n) is 6.94. The predicted molar refractivity (Wildman–Crippen MR) is 89.6 cm³/mol. The van der Waals surface area contributed by atoms with Gasteiger partial charge in [-0.25, -0.2) is 0 Å². The molecule has 2 amide bonds. The van der Waals surface area contributed by atoms with Crippen LogP contribution in [0, 0.1) is 5.41 Å². The molecule has 2 aromatic rings. The highest BCUT2D eigenvalue weighted by molar-refractivity contribution is 6.06. The van der Waals surface area contributed by atoms with Crippen molar-refractivity contribution < 1.29 is 9.59 Å². The van der Waals surface area contributed by atoms with E-state index in [1.165, 1.54) is 11.3 Å². The van der Waals surface area contributed by atoms with E-state index in [-0.39, 0.29) is 17.2 Å². The normalized spacial score (nSPS) is 20.6. The molecule has 1 spiro atoms. The molecule has 1 heterocycles. The monoisotopic (exact) mass is 307 g/mol. The van der Waals surface area contributed by atoms with Crippen molar-refractivity contribution in [3.8, 4) is 0 Å². The largest absolute Gasteiger partial charge is 0.278 e. The van der Waals surface area contributed by atoms with Gasteiger partial charge in [0.1, 0.15) is 0 Å². The van der Waals surface area contributed by atoms with Gasteiger partial charge in [0.25, 0.3) is 0 Å². The fraction of sp³-hybridized carbons (Fsp3) is 0.400. The highest BCUT2D eigenvalue weighted by Gasteiger charge is 2.51. The third kappa shape index (κ3) is 2.35. The molecular weight excluding hydrogens is 286 g/mol. The Morgan fingerprint density at radius 1 is 0.913 bits per heavy atom. The lowest BCUT2D eigenvalue weighted by Crippen LogP contribution is -2.36. The molecule has 2 aromatic carbocycles. The summed E-state index contributed by atoms with van der Waals surface area (Å²) >= 11 is 0. The van der Waals surface area contributed by atoms with E-state index in [1.54, 1.807) is 0 Å². The number of rotatable bonds is 2. The van der Waals surface area contributed by atoms with Crippen LogP contribution in [-0.2, 0) is 16.1 Å². The zero-order chi connectivity index (χ0) is 15.9. The van der Waals surface area contributed by atoms with Crippen molar-refractivity contribution in [2.45, 2.75) is 45.1 Å². The van der Waals surface area contributed by atoms with Gasteiger partial charge in [-0.1, -0.05) is 61.7 Å². The van der Waals surface area contributed by atoms with Crippen LogP contribution in [0.4, 0.5) is 0 Å². The molecule has 0 unspecified atom stereocenters. The van der Waals surface area contributed by atoms with E-state index in [2.05, 4.69) is 18.2 Å². The summed E-state index contributed by atoms with van der Waals surface area (Å²) in [7, 11) is 0. The lowest BCUT2D eigenvalue weighted by Gasteiger charge is -2.30. The standard InChI is InChI=1S/C20H21NO2/c22-18-13-20(11-4-1-5-12-20)19(23)21(18)14-16-9-6-8-15-7-2-3-10-17(15)16/h2-3,6-10H,1,4-5,11-14H2. The summed E-state index contributed by atoms with van der Waals surface area (Å²) in [4.78, 5) is 26.9. The number of carbonyl (C=O) groups excluding carboxylic acids is 2. The summed E-state index contributed by atoms with van der Waals surface area (Å²) in [5.74, 6) is 0.0694. The Morgan fingerprint density at radius 2 is 1.65 bits per heavy atom. The fourth-order valence-corrected chi connectivity index (χ4v) is 4.24. The van der Waals surface area contributed by atoms with Crippen molar-refractivity contribution in [3.05, 3.63) is 48.0 Å². The van der Waals surface area contributed by atoms with E-state index < -0.39 is 0 Å². The van der Waals surface area contributed by atoms with Crippen LogP contribution in [0.25, 0.3) is 10.8 Å². The molecule has 0 radical (unpaired) electrons. The molecule has 118 valence electrons. The number of hydrogen-bond donors (Lipinski definition) is 0. The van der Waals surface area contributed by atoms with Gasteiger partial charge in [0.15, 0.2) is 0 Å². The summed E-state index contributed by atoms with van der Waals surface area (Å²) in [5.41, 5.74) is 0.664. The van der Waals surface area contributed by atoms with E-state index in [0.717, 1.165) is 42.0 Å². The highest BCUT2D eigenvalue weighted by atomic mass is 16.2. The van der Waals surface area contributed by atoms with Crippen molar-refractivity contribution in [2.24, 2.45) is 5.41 Å². The van der Waals surface area contributed by atoms with E-state index in [9.17, 15) is 9.59 Å². The lowest BCUT2D eigenvalue weighted by atomic mass is 9.73. The Bertz CT molecular complexity index is 769. The third-order valence-corrected chi connectivity index (χ3v) is 5.51. The number of benzene rings is 2. The average Bonchev–Trinajstić information content (AvgIpc) is 2.80. The Kier molecular flexibility index (Phi) is 3.44. The Morgan fingerprint density at radius 3 is 2.48 bits per heavy atom. The SMILES string of the molecule is O=C1CC2(CCCCC2)C(=O)N1Cc1cccc2ccccc12. The van der Waals surface area contributed by atoms with Crippen LogP contribution in [-0.4, -0.2) is 16.7 Å². The summed E-state index contributed by atoms with van der Waals surface area (Å²) < 4.78 is 0. The maximum absolute atomic E-state index is 12.9. The Hall–Kier alpha value is -2.16. The van der Waals surface area contributed by atoms with Gasteiger partial charge in [-0.3, -0.25) is 14.5 Å². The van der Waals surface area contributed by atoms with Crippen LogP contribution < -0.4 is 0 Å². The van der Waals surface area contributed by atoms with E-state index in [1.807, 2.05) is 24.3 Å². The summed E-state index contributed by atoms with van der Waals surface area (Å²) in [6.07, 6.45) is 5.50. The van der Waals surface area contributed by atoms with E-state index in [0.29, 0.717) is 13.0 Å². The molecule has 3 heteroatoms. The molecule has 3 nitrogen and oxygen atoms in total. The Labute approximate surface area is 136 Å². The number of imide groups is 1. The van der Waals surface area contributed by atoms with Crippen molar-refractivity contribution in [1.29, 1.82) is 0 Å². The number of likely N-dealkylation sites (tertiary alicyclic amines) is 1. The van der Waals surface area contributed by atoms with Crippen molar-refractivity contribution >= 4 is 22.6 Å². The summed E-state index contributed by atoms with van der Waals surface area (Å²) in [5, 5.41) is 2.27. The molecule has 1 saturated heterocycles. The minimum Gasteiger partial charge on any atom is -0.278 e. The highest BCUT2D eigenvalue weighted by Crippen LogP contribution is 2.45. The molecule has 1 aliphatic heterocycles. The number of amides is 2. The lowest BCUT2D eigenvalue weighted by molar-refractivity contribution is -0.142. The van der Waals surface area contributed by atoms with E-state index >= 15 is 0 Å². The topological polar surface area (TPSA) is 37.4 Å². The minimum absolute atomic E-state index is 0.00448. The van der Waals surface area contributed by atoms with Crippen LogP contribution in [0.2, 0.25) is 0 Å². The second-order valence-corrected chi connectivity index (χ2v) is 6.94. The molecule has 4 rings (SSSR count). The zero-order valence-electron chi connectivity index (χ0n) is 13.3. The number of hydrogen-bond acceptors (Lipinski definition) is 2. The van der Waals surface area contributed by atoms with E-state index in [4.69, 9.17) is 0 Å². The number of nitrogens with zero attached hydrogens (tertiary/aromatic N) is 1. The van der Waals surface area contributed by atoms with Crippen LogP contribution in [0.1, 0.15) is 44.1 Å². The molecule has 0 N–H and O–H groups in total. The summed E-state index contributed by atoms with van der Waals surface area (Å²) in [6.45, 7) is 0.404. The predicted octanol–water partition coefficient (Wildman–Crippen LogP) is 4.05. The van der Waals surface area contributed by atoms with Gasteiger partial charge in [-0.2, -0.15) is 0 Å². The van der Waals surface area contributed by atoms with Gasteiger partial charge in [-0.15, -0.1) is 0 Å². The second kappa shape index (κ2) is 5.48. The minimum atomic E-state index is -0.389. The molecule has 0 aromatic heterocycles. The molecule has 2 aliphatic rings. The van der Waals surface area contributed by atoms with Gasteiger partial charge in [0.2, 0.25) is 11.8 Å². The van der Waals surface area contributed by atoms with Crippen molar-refractivity contribution in [1.82, 2.24) is 4.90 Å². The molecular formula is C20H21NO2. The smallest absolute Gasteiger partial charge is 0.236 e. The van der Waals surface area contributed by atoms with Gasteiger partial charge >= 0.3 is 0 Å². The first kappa shape index (κ1) is 14.4. The van der Waals surface area contributed by atoms with Gasteiger partial charge in [0, 0.05) is 6.42 Å². The van der Waals surface area contributed by atoms with Crippen LogP contribution >= 0.6 is 0 Å². The number of fused-ring (bicyclic) bond motifs is 1. The Balaban J connectivity index is 1.65. The third-order valence-electron chi connectivity index (χ3n) is 5.51. The first-order valence-electron chi connectivity index (χ1n) is 8.51. The van der Waals surface area contributed by atoms with Crippen LogP contribution in [0.15, 0.2) is 42.5 Å².